The van der Waals surface area contributed by atoms with Gasteiger partial charge in [-0.2, -0.15) is 18.3 Å². The Bertz CT molecular complexity index is 938. The second-order valence-electron chi connectivity index (χ2n) is 5.05. The molecular weight excluding hydrogens is 375 g/mol. The van der Waals surface area contributed by atoms with Crippen LogP contribution in [0.1, 0.15) is 11.4 Å². The lowest BCUT2D eigenvalue weighted by molar-refractivity contribution is -0.137. The highest BCUT2D eigenvalue weighted by Crippen LogP contribution is 2.33. The van der Waals surface area contributed by atoms with Crippen LogP contribution in [0.2, 0.25) is 5.02 Å². The van der Waals surface area contributed by atoms with E-state index < -0.39 is 11.7 Å². The van der Waals surface area contributed by atoms with Gasteiger partial charge in [0.1, 0.15) is 12.4 Å². The average Bonchev–Trinajstić information content (AvgIpc) is 2.94. The van der Waals surface area contributed by atoms with Gasteiger partial charge in [0, 0.05) is 0 Å². The molecule has 1 aromatic heterocycles. The molecular formula is C16H11ClF3N3OS. The molecule has 0 atom stereocenters. The van der Waals surface area contributed by atoms with Crippen LogP contribution in [-0.2, 0) is 12.8 Å². The van der Waals surface area contributed by atoms with Gasteiger partial charge in [-0.25, -0.2) is 0 Å². The topological polar surface area (TPSA) is 42.8 Å². The molecule has 1 heterocycles. The minimum Gasteiger partial charge on any atom is -0.486 e. The van der Waals surface area contributed by atoms with Crippen LogP contribution >= 0.6 is 23.8 Å². The molecule has 4 nitrogen and oxygen atoms in total. The largest absolute Gasteiger partial charge is 0.486 e. The molecule has 0 spiro atoms. The van der Waals surface area contributed by atoms with Crippen molar-refractivity contribution in [3.8, 4) is 11.4 Å². The lowest BCUT2D eigenvalue weighted by Crippen LogP contribution is -2.09. The Morgan fingerprint density at radius 2 is 1.88 bits per heavy atom. The minimum absolute atomic E-state index is 0.00370. The van der Waals surface area contributed by atoms with Crippen LogP contribution in [0.25, 0.3) is 5.69 Å². The van der Waals surface area contributed by atoms with Crippen LogP contribution in [0.4, 0.5) is 13.2 Å². The monoisotopic (exact) mass is 385 g/mol. The summed E-state index contributed by atoms with van der Waals surface area (Å²) in [6.07, 6.45) is -4.49. The predicted molar refractivity (Wildman–Crippen MR) is 89.5 cm³/mol. The first-order valence-corrected chi connectivity index (χ1v) is 7.86. The third kappa shape index (κ3) is 3.85. The van der Waals surface area contributed by atoms with E-state index in [9.17, 15) is 13.2 Å². The molecule has 0 aliphatic carbocycles. The fourth-order valence-electron chi connectivity index (χ4n) is 2.20. The number of H-pyrrole nitrogens is 1. The van der Waals surface area contributed by atoms with Crippen LogP contribution in [-0.4, -0.2) is 14.8 Å². The normalized spacial score (nSPS) is 11.5. The summed E-state index contributed by atoms with van der Waals surface area (Å²) >= 11 is 11.2. The summed E-state index contributed by atoms with van der Waals surface area (Å²) in [5, 5.41) is 6.69. The summed E-state index contributed by atoms with van der Waals surface area (Å²) in [4.78, 5) is 0. The van der Waals surface area contributed by atoms with Crippen LogP contribution in [0.5, 0.6) is 5.75 Å². The molecule has 0 bridgehead atoms. The van der Waals surface area contributed by atoms with Crippen LogP contribution in [0.15, 0.2) is 48.5 Å². The zero-order valence-electron chi connectivity index (χ0n) is 12.5. The molecule has 0 fully saturated rings. The third-order valence-corrected chi connectivity index (χ3v) is 3.96. The van der Waals surface area contributed by atoms with Gasteiger partial charge in [0.05, 0.1) is 16.3 Å². The maximum atomic E-state index is 13.0. The van der Waals surface area contributed by atoms with E-state index in [-0.39, 0.29) is 22.1 Å². The summed E-state index contributed by atoms with van der Waals surface area (Å²) < 4.78 is 46.0. The molecule has 0 aliphatic rings. The molecule has 25 heavy (non-hydrogen) atoms. The first-order chi connectivity index (χ1) is 11.9. The average molecular weight is 386 g/mol. The number of alkyl halides is 3. The SMILES string of the molecule is FC(F)(F)c1ccc(Cl)c(-n2c(COc3ccccc3)n[nH]c2=S)c1. The van der Waals surface area contributed by atoms with Crippen LogP contribution < -0.4 is 4.74 Å². The van der Waals surface area contributed by atoms with Gasteiger partial charge in [-0.1, -0.05) is 29.8 Å². The molecule has 9 heteroatoms. The number of hydrogen-bond acceptors (Lipinski definition) is 3. The van der Waals surface area contributed by atoms with E-state index in [1.165, 1.54) is 10.6 Å². The van der Waals surface area contributed by atoms with Crippen molar-refractivity contribution in [1.29, 1.82) is 0 Å². The quantitative estimate of drug-likeness (QED) is 0.629. The summed E-state index contributed by atoms with van der Waals surface area (Å²) in [5.74, 6) is 0.896. The highest BCUT2D eigenvalue weighted by Gasteiger charge is 2.31. The standard InChI is InChI=1S/C16H11ClF3N3OS/c17-12-7-6-10(16(18,19)20)8-13(12)23-14(21-22-15(23)25)9-24-11-4-2-1-3-5-11/h1-8H,9H2,(H,22,25). The Hall–Kier alpha value is -2.32. The van der Waals surface area contributed by atoms with Gasteiger partial charge in [-0.3, -0.25) is 9.67 Å². The van der Waals surface area contributed by atoms with Gasteiger partial charge in [0.25, 0.3) is 0 Å². The number of para-hydroxylation sites is 1. The van der Waals surface area contributed by atoms with Crippen molar-refractivity contribution in [3.05, 3.63) is 69.7 Å². The smallest absolute Gasteiger partial charge is 0.416 e. The first kappa shape index (κ1) is 17.5. The Balaban J connectivity index is 1.98. The zero-order chi connectivity index (χ0) is 18.0. The van der Waals surface area contributed by atoms with Crippen molar-refractivity contribution in [2.24, 2.45) is 0 Å². The number of aromatic amines is 1. The van der Waals surface area contributed by atoms with Gasteiger partial charge in [0.15, 0.2) is 10.6 Å². The summed E-state index contributed by atoms with van der Waals surface area (Å²) in [6, 6.07) is 12.0. The molecule has 1 N–H and O–H groups in total. The molecule has 0 radical (unpaired) electrons. The summed E-state index contributed by atoms with van der Waals surface area (Å²) in [6.45, 7) is 0.00370. The number of ether oxygens (including phenoxy) is 1. The van der Waals surface area contributed by atoms with Gasteiger partial charge < -0.3 is 4.74 Å². The lowest BCUT2D eigenvalue weighted by atomic mass is 10.2. The van der Waals surface area contributed by atoms with Crippen molar-refractivity contribution < 1.29 is 17.9 Å². The molecule has 0 saturated heterocycles. The molecule has 0 amide bonds. The highest BCUT2D eigenvalue weighted by molar-refractivity contribution is 7.71. The number of benzene rings is 2. The van der Waals surface area contributed by atoms with E-state index in [0.29, 0.717) is 11.6 Å². The second-order valence-corrected chi connectivity index (χ2v) is 5.84. The van der Waals surface area contributed by atoms with Gasteiger partial charge in [0.2, 0.25) is 0 Å². The van der Waals surface area contributed by atoms with E-state index >= 15 is 0 Å². The number of halogens is 4. The number of nitrogens with zero attached hydrogens (tertiary/aromatic N) is 2. The predicted octanol–water partition coefficient (Wildman–Crippen LogP) is 5.18. The van der Waals surface area contributed by atoms with Gasteiger partial charge >= 0.3 is 6.18 Å². The van der Waals surface area contributed by atoms with Crippen LogP contribution in [0, 0.1) is 4.77 Å². The number of aromatic nitrogens is 3. The first-order valence-electron chi connectivity index (χ1n) is 7.07. The van der Waals surface area contributed by atoms with Gasteiger partial charge in [-0.15, -0.1) is 0 Å². The molecule has 3 aromatic rings. The molecule has 3 rings (SSSR count). The van der Waals surface area contributed by atoms with Crippen molar-refractivity contribution >= 4 is 23.8 Å². The van der Waals surface area contributed by atoms with Crippen molar-refractivity contribution in [2.75, 3.05) is 0 Å². The highest BCUT2D eigenvalue weighted by atomic mass is 35.5. The van der Waals surface area contributed by atoms with E-state index in [4.69, 9.17) is 28.6 Å². The number of nitrogens with one attached hydrogen (secondary N) is 1. The molecule has 0 unspecified atom stereocenters. The fourth-order valence-corrected chi connectivity index (χ4v) is 2.65. The number of hydrogen-bond donors (Lipinski definition) is 1. The Labute approximate surface area is 150 Å². The van der Waals surface area contributed by atoms with E-state index in [1.807, 2.05) is 6.07 Å². The summed E-state index contributed by atoms with van der Waals surface area (Å²) in [7, 11) is 0. The zero-order valence-corrected chi connectivity index (χ0v) is 14.1. The Morgan fingerprint density at radius 1 is 1.16 bits per heavy atom. The molecule has 130 valence electrons. The Kier molecular flexibility index (Phi) is 4.82. The second kappa shape index (κ2) is 6.89. The lowest BCUT2D eigenvalue weighted by Gasteiger charge is -2.13. The third-order valence-electron chi connectivity index (χ3n) is 3.37. The van der Waals surface area contributed by atoms with Crippen molar-refractivity contribution in [3.63, 3.8) is 0 Å². The summed E-state index contributed by atoms with van der Waals surface area (Å²) in [5.41, 5.74) is -0.744. The van der Waals surface area contributed by atoms with Gasteiger partial charge in [-0.05, 0) is 42.5 Å². The van der Waals surface area contributed by atoms with Crippen molar-refractivity contribution in [1.82, 2.24) is 14.8 Å². The molecule has 0 saturated carbocycles. The maximum Gasteiger partial charge on any atom is 0.416 e. The Morgan fingerprint density at radius 3 is 2.56 bits per heavy atom. The van der Waals surface area contributed by atoms with E-state index in [1.54, 1.807) is 24.3 Å². The fraction of sp³-hybridized carbons (Fsp3) is 0.125. The van der Waals surface area contributed by atoms with E-state index in [0.717, 1.165) is 12.1 Å². The molecule has 2 aromatic carbocycles. The maximum absolute atomic E-state index is 13.0. The van der Waals surface area contributed by atoms with Crippen molar-refractivity contribution in [2.45, 2.75) is 12.8 Å². The van der Waals surface area contributed by atoms with E-state index in [2.05, 4.69) is 10.2 Å². The van der Waals surface area contributed by atoms with Crippen LogP contribution in [0.3, 0.4) is 0 Å². The number of rotatable bonds is 4. The minimum atomic E-state index is -4.49. The molecule has 0 aliphatic heterocycles.